The summed E-state index contributed by atoms with van der Waals surface area (Å²) in [5.41, 5.74) is 5.37. The lowest BCUT2D eigenvalue weighted by Crippen LogP contribution is -2.15. The largest absolute Gasteiger partial charge is 0.496 e. The molecule has 0 aliphatic heterocycles. The van der Waals surface area contributed by atoms with Gasteiger partial charge in [0.05, 0.1) is 7.11 Å². The van der Waals surface area contributed by atoms with Crippen LogP contribution < -0.4 is 15.4 Å². The third-order valence-electron chi connectivity index (χ3n) is 4.76. The number of methoxy groups -OCH3 is 1. The Morgan fingerprint density at radius 3 is 2.71 bits per heavy atom. The SMILES string of the molecule is COc1ccccc1CCNc1ccnc(C(=O)Nc2cccc(C)c2C)c1. The number of amides is 1. The van der Waals surface area contributed by atoms with Crippen molar-refractivity contribution in [1.82, 2.24) is 4.98 Å². The molecule has 1 heterocycles. The monoisotopic (exact) mass is 375 g/mol. The van der Waals surface area contributed by atoms with Crippen LogP contribution in [0, 0.1) is 13.8 Å². The van der Waals surface area contributed by atoms with Crippen molar-refractivity contribution in [2.45, 2.75) is 20.3 Å². The number of carbonyl (C=O) groups is 1. The number of pyridine rings is 1. The van der Waals surface area contributed by atoms with E-state index in [0.29, 0.717) is 5.69 Å². The topological polar surface area (TPSA) is 63.2 Å². The molecule has 5 heteroatoms. The molecule has 0 radical (unpaired) electrons. The number of aryl methyl sites for hydroxylation is 1. The third kappa shape index (κ3) is 4.68. The fourth-order valence-corrected chi connectivity index (χ4v) is 2.99. The van der Waals surface area contributed by atoms with Gasteiger partial charge in [0.15, 0.2) is 0 Å². The van der Waals surface area contributed by atoms with E-state index in [1.165, 1.54) is 0 Å². The predicted molar refractivity (Wildman–Crippen MR) is 113 cm³/mol. The minimum absolute atomic E-state index is 0.220. The van der Waals surface area contributed by atoms with E-state index in [-0.39, 0.29) is 5.91 Å². The van der Waals surface area contributed by atoms with Crippen molar-refractivity contribution < 1.29 is 9.53 Å². The van der Waals surface area contributed by atoms with Gasteiger partial charge in [-0.25, -0.2) is 0 Å². The van der Waals surface area contributed by atoms with Crippen molar-refractivity contribution in [3.8, 4) is 5.75 Å². The molecule has 1 aromatic heterocycles. The second-order valence-corrected chi connectivity index (χ2v) is 6.62. The van der Waals surface area contributed by atoms with Gasteiger partial charge in [0, 0.05) is 24.1 Å². The highest BCUT2D eigenvalue weighted by molar-refractivity contribution is 6.03. The molecule has 5 nitrogen and oxygen atoms in total. The Balaban J connectivity index is 1.63. The van der Waals surface area contributed by atoms with Crippen LogP contribution in [0.4, 0.5) is 11.4 Å². The highest BCUT2D eigenvalue weighted by Gasteiger charge is 2.11. The summed E-state index contributed by atoms with van der Waals surface area (Å²) >= 11 is 0. The van der Waals surface area contributed by atoms with Crippen molar-refractivity contribution in [2.75, 3.05) is 24.3 Å². The van der Waals surface area contributed by atoms with E-state index in [1.807, 2.05) is 56.3 Å². The number of ether oxygens (including phenoxy) is 1. The summed E-state index contributed by atoms with van der Waals surface area (Å²) in [6.45, 7) is 4.74. The number of para-hydroxylation sites is 1. The molecule has 0 saturated carbocycles. The fraction of sp³-hybridized carbons (Fsp3) is 0.217. The molecule has 1 amide bonds. The van der Waals surface area contributed by atoms with Gasteiger partial charge in [-0.1, -0.05) is 30.3 Å². The molecule has 0 aliphatic rings. The van der Waals surface area contributed by atoms with Crippen molar-refractivity contribution in [1.29, 1.82) is 0 Å². The molecule has 144 valence electrons. The lowest BCUT2D eigenvalue weighted by Gasteiger charge is -2.12. The van der Waals surface area contributed by atoms with Crippen molar-refractivity contribution >= 4 is 17.3 Å². The lowest BCUT2D eigenvalue weighted by atomic mass is 10.1. The maximum Gasteiger partial charge on any atom is 0.274 e. The molecule has 0 atom stereocenters. The van der Waals surface area contributed by atoms with Crippen LogP contribution in [0.15, 0.2) is 60.8 Å². The van der Waals surface area contributed by atoms with Gasteiger partial charge in [-0.05, 0) is 61.2 Å². The van der Waals surface area contributed by atoms with Gasteiger partial charge >= 0.3 is 0 Å². The maximum absolute atomic E-state index is 12.6. The van der Waals surface area contributed by atoms with Crippen LogP contribution >= 0.6 is 0 Å². The van der Waals surface area contributed by atoms with E-state index >= 15 is 0 Å². The zero-order valence-electron chi connectivity index (χ0n) is 16.5. The minimum Gasteiger partial charge on any atom is -0.496 e. The van der Waals surface area contributed by atoms with E-state index in [9.17, 15) is 4.79 Å². The lowest BCUT2D eigenvalue weighted by molar-refractivity contribution is 0.102. The molecule has 0 unspecified atom stereocenters. The van der Waals surface area contributed by atoms with E-state index in [1.54, 1.807) is 19.4 Å². The molecule has 2 N–H and O–H groups in total. The summed E-state index contributed by atoms with van der Waals surface area (Å²) in [4.78, 5) is 16.8. The van der Waals surface area contributed by atoms with Crippen LogP contribution in [0.5, 0.6) is 5.75 Å². The minimum atomic E-state index is -0.220. The number of nitrogens with zero attached hydrogens (tertiary/aromatic N) is 1. The van der Waals surface area contributed by atoms with Gasteiger partial charge in [0.25, 0.3) is 5.91 Å². The Morgan fingerprint density at radius 1 is 1.07 bits per heavy atom. The molecule has 3 aromatic rings. The van der Waals surface area contributed by atoms with Crippen molar-refractivity contribution in [2.24, 2.45) is 0 Å². The number of anilines is 2. The molecule has 0 fully saturated rings. The maximum atomic E-state index is 12.6. The summed E-state index contributed by atoms with van der Waals surface area (Å²) in [5, 5.41) is 6.29. The number of hydrogen-bond donors (Lipinski definition) is 2. The van der Waals surface area contributed by atoms with E-state index in [4.69, 9.17) is 4.74 Å². The summed E-state index contributed by atoms with van der Waals surface area (Å²) in [7, 11) is 1.68. The highest BCUT2D eigenvalue weighted by Crippen LogP contribution is 2.20. The number of benzene rings is 2. The number of aromatic nitrogens is 1. The van der Waals surface area contributed by atoms with Gasteiger partial charge in [-0.15, -0.1) is 0 Å². The molecule has 28 heavy (non-hydrogen) atoms. The van der Waals surface area contributed by atoms with Crippen LogP contribution in [-0.2, 0) is 6.42 Å². The predicted octanol–water partition coefficient (Wildman–Crippen LogP) is 4.61. The Morgan fingerprint density at radius 2 is 1.89 bits per heavy atom. The molecular formula is C23H25N3O2. The summed E-state index contributed by atoms with van der Waals surface area (Å²) < 4.78 is 5.38. The third-order valence-corrected chi connectivity index (χ3v) is 4.76. The molecule has 0 spiro atoms. The normalized spacial score (nSPS) is 10.4. The molecule has 2 aromatic carbocycles. The van der Waals surface area contributed by atoms with E-state index in [0.717, 1.165) is 46.8 Å². The Hall–Kier alpha value is -3.34. The van der Waals surface area contributed by atoms with E-state index in [2.05, 4.69) is 21.7 Å². The molecule has 3 rings (SSSR count). The number of hydrogen-bond acceptors (Lipinski definition) is 4. The average molecular weight is 375 g/mol. The quantitative estimate of drug-likeness (QED) is 0.633. The molecule has 0 saturated heterocycles. The van der Waals surface area contributed by atoms with Gasteiger partial charge in [0.1, 0.15) is 11.4 Å². The smallest absolute Gasteiger partial charge is 0.274 e. The first-order valence-electron chi connectivity index (χ1n) is 9.28. The van der Waals surface area contributed by atoms with Crippen LogP contribution in [-0.4, -0.2) is 24.5 Å². The van der Waals surface area contributed by atoms with Crippen LogP contribution in [0.3, 0.4) is 0 Å². The highest BCUT2D eigenvalue weighted by atomic mass is 16.5. The first kappa shape index (κ1) is 19.4. The molecule has 0 bridgehead atoms. The standard InChI is InChI=1S/C23H25N3O2/c1-16-7-6-9-20(17(16)2)26-23(27)21-15-19(12-14-25-21)24-13-11-18-8-4-5-10-22(18)28-3/h4-10,12,14-15H,11,13H2,1-3H3,(H,24,25)(H,26,27). The number of carbonyl (C=O) groups excluding carboxylic acids is 1. The second-order valence-electron chi connectivity index (χ2n) is 6.62. The molecular weight excluding hydrogens is 350 g/mol. The van der Waals surface area contributed by atoms with Gasteiger partial charge in [-0.2, -0.15) is 0 Å². The Bertz CT molecular complexity index is 970. The second kappa shape index (κ2) is 9.04. The first-order valence-corrected chi connectivity index (χ1v) is 9.28. The van der Waals surface area contributed by atoms with Crippen LogP contribution in [0.25, 0.3) is 0 Å². The summed E-state index contributed by atoms with van der Waals surface area (Å²) in [6, 6.07) is 17.4. The van der Waals surface area contributed by atoms with Gasteiger partial charge in [0.2, 0.25) is 0 Å². The van der Waals surface area contributed by atoms with Crippen LogP contribution in [0.1, 0.15) is 27.2 Å². The first-order chi connectivity index (χ1) is 13.6. The summed E-state index contributed by atoms with van der Waals surface area (Å²) in [5.74, 6) is 0.662. The van der Waals surface area contributed by atoms with Crippen molar-refractivity contribution in [3.05, 3.63) is 83.2 Å². The van der Waals surface area contributed by atoms with Crippen LogP contribution in [0.2, 0.25) is 0 Å². The zero-order chi connectivity index (χ0) is 19.9. The number of nitrogens with one attached hydrogen (secondary N) is 2. The van der Waals surface area contributed by atoms with Gasteiger partial charge in [-0.3, -0.25) is 9.78 Å². The zero-order valence-corrected chi connectivity index (χ0v) is 16.5. The fourth-order valence-electron chi connectivity index (χ4n) is 2.99. The van der Waals surface area contributed by atoms with E-state index < -0.39 is 0 Å². The molecule has 0 aliphatic carbocycles. The summed E-state index contributed by atoms with van der Waals surface area (Å²) in [6.07, 6.45) is 2.46. The van der Waals surface area contributed by atoms with Gasteiger partial charge < -0.3 is 15.4 Å². The average Bonchev–Trinajstić information content (AvgIpc) is 2.72. The van der Waals surface area contributed by atoms with Crippen molar-refractivity contribution in [3.63, 3.8) is 0 Å². The number of rotatable bonds is 7. The Labute approximate surface area is 165 Å². The Kier molecular flexibility index (Phi) is 6.27.